The van der Waals surface area contributed by atoms with Crippen molar-refractivity contribution in [1.29, 1.82) is 0 Å². The monoisotopic (exact) mass is 446 g/mol. The number of ether oxygens (including phenoxy) is 1. The molecule has 4 rings (SSSR count). The molecule has 2 N–H and O–H groups in total. The number of amides is 1. The molecule has 4 aromatic rings. The lowest BCUT2D eigenvalue weighted by atomic mass is 10.0. The second kappa shape index (κ2) is 9.30. The molecule has 0 atom stereocenters. The van der Waals surface area contributed by atoms with Crippen molar-refractivity contribution in [3.05, 3.63) is 82.4 Å². The average Bonchev–Trinajstić information content (AvgIpc) is 3.20. The van der Waals surface area contributed by atoms with Crippen LogP contribution in [0.5, 0.6) is 5.75 Å². The molecular formula is C25H26N4O4. The second-order valence-corrected chi connectivity index (χ2v) is 8.06. The third kappa shape index (κ3) is 4.51. The maximum absolute atomic E-state index is 13.2. The number of hydrogen-bond donors (Lipinski definition) is 2. The summed E-state index contributed by atoms with van der Waals surface area (Å²) in [5, 5.41) is 17.3. The fourth-order valence-electron chi connectivity index (χ4n) is 3.71. The highest BCUT2D eigenvalue weighted by atomic mass is 16.5. The van der Waals surface area contributed by atoms with Gasteiger partial charge in [0.05, 0.1) is 19.4 Å². The molecular weight excluding hydrogens is 420 g/mol. The summed E-state index contributed by atoms with van der Waals surface area (Å²) in [5.74, 6) is 0.777. The van der Waals surface area contributed by atoms with Crippen LogP contribution in [0, 0.1) is 0 Å². The van der Waals surface area contributed by atoms with Crippen LogP contribution in [0.2, 0.25) is 0 Å². The first kappa shape index (κ1) is 22.3. The van der Waals surface area contributed by atoms with Gasteiger partial charge in [-0.3, -0.25) is 9.59 Å². The van der Waals surface area contributed by atoms with Gasteiger partial charge in [-0.05, 0) is 47.9 Å². The van der Waals surface area contributed by atoms with Crippen molar-refractivity contribution in [1.82, 2.24) is 14.2 Å². The van der Waals surface area contributed by atoms with Crippen LogP contribution in [0.3, 0.4) is 0 Å². The minimum atomic E-state index is -0.404. The number of aliphatic hydroxyl groups excluding tert-OH is 1. The molecule has 8 heteroatoms. The van der Waals surface area contributed by atoms with E-state index in [-0.39, 0.29) is 24.6 Å². The van der Waals surface area contributed by atoms with Gasteiger partial charge in [-0.25, -0.2) is 4.52 Å². The molecule has 2 aromatic carbocycles. The summed E-state index contributed by atoms with van der Waals surface area (Å²) in [6.07, 6.45) is 3.12. The molecule has 0 bridgehead atoms. The zero-order valence-electron chi connectivity index (χ0n) is 18.8. The predicted molar refractivity (Wildman–Crippen MR) is 127 cm³/mol. The summed E-state index contributed by atoms with van der Waals surface area (Å²) in [6, 6.07) is 14.8. The minimum absolute atomic E-state index is 0.158. The van der Waals surface area contributed by atoms with Crippen molar-refractivity contribution in [3.63, 3.8) is 0 Å². The molecule has 0 saturated heterocycles. The van der Waals surface area contributed by atoms with Gasteiger partial charge in [-0.2, -0.15) is 5.10 Å². The van der Waals surface area contributed by atoms with Crippen LogP contribution < -0.4 is 15.6 Å². The molecule has 0 spiro atoms. The first-order valence-corrected chi connectivity index (χ1v) is 10.7. The molecule has 170 valence electrons. The third-order valence-corrected chi connectivity index (χ3v) is 5.56. The van der Waals surface area contributed by atoms with Crippen molar-refractivity contribution in [3.8, 4) is 17.0 Å². The number of fused-ring (bicyclic) bond motifs is 1. The Kier molecular flexibility index (Phi) is 6.28. The van der Waals surface area contributed by atoms with Crippen molar-refractivity contribution in [2.24, 2.45) is 0 Å². The van der Waals surface area contributed by atoms with Gasteiger partial charge in [0.15, 0.2) is 0 Å². The molecule has 0 aliphatic heterocycles. The fourth-order valence-corrected chi connectivity index (χ4v) is 3.71. The van der Waals surface area contributed by atoms with Gasteiger partial charge in [0.1, 0.15) is 17.8 Å². The first-order valence-electron chi connectivity index (χ1n) is 10.7. The summed E-state index contributed by atoms with van der Waals surface area (Å²) in [4.78, 5) is 25.7. The van der Waals surface area contributed by atoms with Crippen LogP contribution in [0.1, 0.15) is 30.9 Å². The summed E-state index contributed by atoms with van der Waals surface area (Å²) >= 11 is 0. The Morgan fingerprint density at radius 3 is 2.39 bits per heavy atom. The number of aliphatic hydroxyl groups is 1. The summed E-state index contributed by atoms with van der Waals surface area (Å²) < 4.78 is 7.93. The SMILES string of the molecule is COc1ccc(-c2nn3ccn(CC(=O)Nc4ccc(C(C)C)cc4)c(=O)c3c2CO)cc1. The van der Waals surface area contributed by atoms with E-state index in [1.54, 1.807) is 25.4 Å². The molecule has 0 radical (unpaired) electrons. The number of aromatic nitrogens is 3. The number of nitrogens with one attached hydrogen (secondary N) is 1. The number of carbonyl (C=O) groups excluding carboxylic acids is 1. The molecule has 8 nitrogen and oxygen atoms in total. The van der Waals surface area contributed by atoms with Gasteiger partial charge in [0.2, 0.25) is 5.91 Å². The van der Waals surface area contributed by atoms with Crippen LogP contribution in [0.4, 0.5) is 5.69 Å². The maximum atomic E-state index is 13.2. The van der Waals surface area contributed by atoms with Gasteiger partial charge in [-0.15, -0.1) is 0 Å². The normalized spacial score (nSPS) is 11.2. The molecule has 0 saturated carbocycles. The number of carbonyl (C=O) groups is 1. The predicted octanol–water partition coefficient (Wildman–Crippen LogP) is 3.43. The van der Waals surface area contributed by atoms with Crippen molar-refractivity contribution >= 4 is 17.1 Å². The highest BCUT2D eigenvalue weighted by Gasteiger charge is 2.18. The van der Waals surface area contributed by atoms with Crippen LogP contribution in [0.25, 0.3) is 16.8 Å². The van der Waals surface area contributed by atoms with Crippen LogP contribution in [-0.2, 0) is 17.9 Å². The molecule has 0 unspecified atom stereocenters. The van der Waals surface area contributed by atoms with Crippen molar-refractivity contribution < 1.29 is 14.6 Å². The van der Waals surface area contributed by atoms with Gasteiger partial charge >= 0.3 is 0 Å². The minimum Gasteiger partial charge on any atom is -0.497 e. The molecule has 2 aromatic heterocycles. The molecule has 2 heterocycles. The highest BCUT2D eigenvalue weighted by molar-refractivity contribution is 5.90. The number of methoxy groups -OCH3 is 1. The van der Waals surface area contributed by atoms with E-state index in [4.69, 9.17) is 4.74 Å². The highest BCUT2D eigenvalue weighted by Crippen LogP contribution is 2.26. The number of anilines is 1. The second-order valence-electron chi connectivity index (χ2n) is 8.06. The molecule has 0 aliphatic carbocycles. The zero-order chi connectivity index (χ0) is 23.5. The number of nitrogens with zero attached hydrogens (tertiary/aromatic N) is 3. The first-order chi connectivity index (χ1) is 15.9. The van der Waals surface area contributed by atoms with E-state index >= 15 is 0 Å². The Morgan fingerprint density at radius 1 is 1.09 bits per heavy atom. The Labute approximate surface area is 191 Å². The maximum Gasteiger partial charge on any atom is 0.277 e. The number of rotatable bonds is 7. The van der Waals surface area contributed by atoms with Crippen molar-refractivity contribution in [2.45, 2.75) is 32.9 Å². The molecule has 0 fully saturated rings. The van der Waals surface area contributed by atoms with E-state index < -0.39 is 5.56 Å². The van der Waals surface area contributed by atoms with E-state index in [9.17, 15) is 14.7 Å². The quantitative estimate of drug-likeness (QED) is 0.453. The number of hydrogen-bond acceptors (Lipinski definition) is 5. The summed E-state index contributed by atoms with van der Waals surface area (Å²) in [6.45, 7) is 3.69. The van der Waals surface area contributed by atoms with E-state index in [0.717, 1.165) is 5.56 Å². The van der Waals surface area contributed by atoms with Crippen LogP contribution in [0.15, 0.2) is 65.7 Å². The van der Waals surface area contributed by atoms with Crippen molar-refractivity contribution in [2.75, 3.05) is 12.4 Å². The van der Waals surface area contributed by atoms with E-state index in [1.807, 2.05) is 36.4 Å². The van der Waals surface area contributed by atoms with Crippen LogP contribution in [-0.4, -0.2) is 32.3 Å². The Hall–Kier alpha value is -3.91. The molecule has 33 heavy (non-hydrogen) atoms. The molecule has 1 amide bonds. The summed E-state index contributed by atoms with van der Waals surface area (Å²) in [5.41, 5.74) is 3.34. The summed E-state index contributed by atoms with van der Waals surface area (Å²) in [7, 11) is 1.58. The standard InChI is InChI=1S/C25H26N4O4/c1-16(2)17-4-8-19(9-5-17)26-22(31)14-28-12-13-29-24(25(28)32)21(15-30)23(27-29)18-6-10-20(33-3)11-7-18/h4-13,16,30H,14-15H2,1-3H3,(H,26,31). The van der Waals surface area contributed by atoms with E-state index in [0.29, 0.717) is 28.6 Å². The third-order valence-electron chi connectivity index (χ3n) is 5.56. The lowest BCUT2D eigenvalue weighted by molar-refractivity contribution is -0.116. The van der Waals surface area contributed by atoms with E-state index in [2.05, 4.69) is 24.3 Å². The number of benzene rings is 2. The van der Waals surface area contributed by atoms with Gasteiger partial charge < -0.3 is 19.7 Å². The van der Waals surface area contributed by atoms with E-state index in [1.165, 1.54) is 20.8 Å². The molecule has 0 aliphatic rings. The zero-order valence-corrected chi connectivity index (χ0v) is 18.8. The van der Waals surface area contributed by atoms with Gasteiger partial charge in [-0.1, -0.05) is 26.0 Å². The Morgan fingerprint density at radius 2 is 1.79 bits per heavy atom. The smallest absolute Gasteiger partial charge is 0.277 e. The topological polar surface area (TPSA) is 97.9 Å². The Balaban J connectivity index is 1.61. The Bertz CT molecular complexity index is 1340. The fraction of sp³-hybridized carbons (Fsp3) is 0.240. The van der Waals surface area contributed by atoms with Gasteiger partial charge in [0.25, 0.3) is 5.56 Å². The van der Waals surface area contributed by atoms with Crippen LogP contribution >= 0.6 is 0 Å². The lowest BCUT2D eigenvalue weighted by Gasteiger charge is -2.10. The average molecular weight is 447 g/mol. The van der Waals surface area contributed by atoms with Gasteiger partial charge in [0, 0.05) is 29.2 Å². The lowest BCUT2D eigenvalue weighted by Crippen LogP contribution is -2.28. The largest absolute Gasteiger partial charge is 0.497 e.